The second-order valence-corrected chi connectivity index (χ2v) is 4.76. The van der Waals surface area contributed by atoms with Crippen molar-refractivity contribution in [3.8, 4) is 0 Å². The minimum Gasteiger partial charge on any atom is -0.384 e. The number of halogens is 3. The van der Waals surface area contributed by atoms with E-state index >= 15 is 0 Å². The fraction of sp³-hybridized carbons (Fsp3) is 0.0769. The van der Waals surface area contributed by atoms with E-state index in [1.165, 1.54) is 6.07 Å². The predicted molar refractivity (Wildman–Crippen MR) is 69.6 cm³/mol. The quantitative estimate of drug-likeness (QED) is 0.823. The van der Waals surface area contributed by atoms with Crippen LogP contribution < -0.4 is 0 Å². The Hall–Kier alpha value is -1.01. The number of benzene rings is 2. The molecular weight excluding hydrogens is 337 g/mol. The summed E-state index contributed by atoms with van der Waals surface area (Å²) in [4.78, 5) is 0. The van der Waals surface area contributed by atoms with Crippen molar-refractivity contribution in [2.75, 3.05) is 0 Å². The van der Waals surface area contributed by atoms with Crippen LogP contribution in [0.4, 0.5) is 8.78 Å². The lowest BCUT2D eigenvalue weighted by atomic mass is 10.0. The van der Waals surface area contributed by atoms with Gasteiger partial charge in [-0.1, -0.05) is 24.3 Å². The van der Waals surface area contributed by atoms with Gasteiger partial charge in [-0.2, -0.15) is 0 Å². The Morgan fingerprint density at radius 2 is 1.71 bits per heavy atom. The first kappa shape index (κ1) is 12.4. The van der Waals surface area contributed by atoms with Crippen molar-refractivity contribution in [1.29, 1.82) is 0 Å². The molecule has 0 radical (unpaired) electrons. The van der Waals surface area contributed by atoms with Crippen LogP contribution in [0.15, 0.2) is 42.5 Å². The molecule has 0 saturated carbocycles. The molecule has 0 fully saturated rings. The average molecular weight is 346 g/mol. The van der Waals surface area contributed by atoms with Crippen LogP contribution >= 0.6 is 22.6 Å². The molecule has 2 rings (SSSR count). The molecule has 2 aromatic rings. The third kappa shape index (κ3) is 2.63. The van der Waals surface area contributed by atoms with Crippen molar-refractivity contribution >= 4 is 22.6 Å². The SMILES string of the molecule is OC(c1ccc(F)c(F)c1)c1ccccc1I. The van der Waals surface area contributed by atoms with Gasteiger partial charge in [0.15, 0.2) is 11.6 Å². The molecule has 0 aliphatic rings. The van der Waals surface area contributed by atoms with Crippen molar-refractivity contribution in [3.05, 3.63) is 68.8 Å². The second kappa shape index (κ2) is 5.10. The van der Waals surface area contributed by atoms with Crippen molar-refractivity contribution in [2.45, 2.75) is 6.10 Å². The second-order valence-electron chi connectivity index (χ2n) is 3.60. The number of hydrogen-bond donors (Lipinski definition) is 1. The van der Waals surface area contributed by atoms with E-state index in [2.05, 4.69) is 22.6 Å². The van der Waals surface area contributed by atoms with Gasteiger partial charge in [0.25, 0.3) is 0 Å². The maximum absolute atomic E-state index is 13.1. The van der Waals surface area contributed by atoms with Gasteiger partial charge in [-0.3, -0.25) is 0 Å². The maximum atomic E-state index is 13.1. The number of aliphatic hydroxyl groups excluding tert-OH is 1. The van der Waals surface area contributed by atoms with Crippen LogP contribution in [-0.2, 0) is 0 Å². The summed E-state index contributed by atoms with van der Waals surface area (Å²) < 4.78 is 26.7. The standard InChI is InChI=1S/C13H9F2IO/c14-10-6-5-8(7-11(10)15)13(17)9-3-1-2-4-12(9)16/h1-7,13,17H. The van der Waals surface area contributed by atoms with Gasteiger partial charge in [0.1, 0.15) is 6.10 Å². The third-order valence-corrected chi connectivity index (χ3v) is 3.44. The molecule has 1 N–H and O–H groups in total. The van der Waals surface area contributed by atoms with Gasteiger partial charge in [0, 0.05) is 3.57 Å². The molecule has 0 spiro atoms. The molecule has 4 heteroatoms. The first-order chi connectivity index (χ1) is 8.09. The van der Waals surface area contributed by atoms with E-state index in [0.717, 1.165) is 15.7 Å². The highest BCUT2D eigenvalue weighted by molar-refractivity contribution is 14.1. The van der Waals surface area contributed by atoms with Crippen LogP contribution in [0.25, 0.3) is 0 Å². The molecule has 2 aromatic carbocycles. The summed E-state index contributed by atoms with van der Waals surface area (Å²) in [5, 5.41) is 10.1. The highest BCUT2D eigenvalue weighted by atomic mass is 127. The Balaban J connectivity index is 2.40. The van der Waals surface area contributed by atoms with Crippen LogP contribution in [0, 0.1) is 15.2 Å². The Morgan fingerprint density at radius 1 is 1.00 bits per heavy atom. The van der Waals surface area contributed by atoms with Crippen LogP contribution in [0.1, 0.15) is 17.2 Å². The monoisotopic (exact) mass is 346 g/mol. The van der Waals surface area contributed by atoms with E-state index < -0.39 is 17.7 Å². The summed E-state index contributed by atoms with van der Waals surface area (Å²) >= 11 is 2.09. The number of hydrogen-bond acceptors (Lipinski definition) is 1. The highest BCUT2D eigenvalue weighted by Gasteiger charge is 2.14. The van der Waals surface area contributed by atoms with E-state index in [1.54, 1.807) is 12.1 Å². The van der Waals surface area contributed by atoms with Crippen LogP contribution in [0.3, 0.4) is 0 Å². The lowest BCUT2D eigenvalue weighted by Gasteiger charge is -2.13. The van der Waals surface area contributed by atoms with E-state index in [-0.39, 0.29) is 0 Å². The highest BCUT2D eigenvalue weighted by Crippen LogP contribution is 2.26. The summed E-state index contributed by atoms with van der Waals surface area (Å²) in [6.45, 7) is 0. The van der Waals surface area contributed by atoms with Gasteiger partial charge in [-0.15, -0.1) is 0 Å². The fourth-order valence-corrected chi connectivity index (χ4v) is 2.24. The van der Waals surface area contributed by atoms with E-state index in [1.807, 2.05) is 12.1 Å². The Morgan fingerprint density at radius 3 is 2.35 bits per heavy atom. The topological polar surface area (TPSA) is 20.2 Å². The summed E-state index contributed by atoms with van der Waals surface area (Å²) in [5.41, 5.74) is 1.02. The molecule has 0 aliphatic carbocycles. The van der Waals surface area contributed by atoms with Gasteiger partial charge < -0.3 is 5.11 Å². The zero-order valence-electron chi connectivity index (χ0n) is 8.70. The number of aliphatic hydroxyl groups is 1. The van der Waals surface area contributed by atoms with E-state index in [9.17, 15) is 13.9 Å². The predicted octanol–water partition coefficient (Wildman–Crippen LogP) is 3.65. The smallest absolute Gasteiger partial charge is 0.159 e. The molecule has 1 atom stereocenters. The molecule has 0 saturated heterocycles. The van der Waals surface area contributed by atoms with Crippen molar-refractivity contribution in [1.82, 2.24) is 0 Å². The van der Waals surface area contributed by atoms with Crippen LogP contribution in [0.2, 0.25) is 0 Å². The Bertz CT molecular complexity index is 543. The van der Waals surface area contributed by atoms with Crippen LogP contribution in [-0.4, -0.2) is 5.11 Å². The summed E-state index contributed by atoms with van der Waals surface area (Å²) in [7, 11) is 0. The summed E-state index contributed by atoms with van der Waals surface area (Å²) in [6, 6.07) is 10.7. The molecular formula is C13H9F2IO. The Labute approximate surface area is 111 Å². The third-order valence-electron chi connectivity index (χ3n) is 2.46. The minimum atomic E-state index is -0.951. The van der Waals surface area contributed by atoms with E-state index in [0.29, 0.717) is 11.1 Å². The molecule has 0 heterocycles. The molecule has 0 amide bonds. The van der Waals surface area contributed by atoms with Crippen LogP contribution in [0.5, 0.6) is 0 Å². The van der Waals surface area contributed by atoms with Gasteiger partial charge >= 0.3 is 0 Å². The van der Waals surface area contributed by atoms with Gasteiger partial charge in [-0.05, 0) is 51.9 Å². The first-order valence-electron chi connectivity index (χ1n) is 4.97. The first-order valence-corrected chi connectivity index (χ1v) is 6.05. The lowest BCUT2D eigenvalue weighted by molar-refractivity contribution is 0.218. The van der Waals surface area contributed by atoms with Gasteiger partial charge in [0.05, 0.1) is 0 Å². The summed E-state index contributed by atoms with van der Waals surface area (Å²) in [5.74, 6) is -1.86. The van der Waals surface area contributed by atoms with Gasteiger partial charge in [-0.25, -0.2) is 8.78 Å². The molecule has 1 nitrogen and oxygen atoms in total. The Kier molecular flexibility index (Phi) is 3.73. The zero-order chi connectivity index (χ0) is 12.4. The molecule has 0 bridgehead atoms. The largest absolute Gasteiger partial charge is 0.384 e. The number of rotatable bonds is 2. The lowest BCUT2D eigenvalue weighted by Crippen LogP contribution is -2.02. The summed E-state index contributed by atoms with van der Waals surface area (Å²) in [6.07, 6.45) is -0.946. The normalized spacial score (nSPS) is 12.5. The molecule has 88 valence electrons. The molecule has 17 heavy (non-hydrogen) atoms. The minimum absolute atomic E-state index is 0.341. The average Bonchev–Trinajstić information content (AvgIpc) is 2.32. The van der Waals surface area contributed by atoms with E-state index in [4.69, 9.17) is 0 Å². The van der Waals surface area contributed by atoms with Crippen molar-refractivity contribution < 1.29 is 13.9 Å². The van der Waals surface area contributed by atoms with Gasteiger partial charge in [0.2, 0.25) is 0 Å². The van der Waals surface area contributed by atoms with Crippen molar-refractivity contribution in [2.24, 2.45) is 0 Å². The maximum Gasteiger partial charge on any atom is 0.159 e. The molecule has 1 unspecified atom stereocenters. The van der Waals surface area contributed by atoms with Crippen molar-refractivity contribution in [3.63, 3.8) is 0 Å². The molecule has 0 aliphatic heterocycles. The fourth-order valence-electron chi connectivity index (χ4n) is 1.56. The zero-order valence-corrected chi connectivity index (χ0v) is 10.9. The molecule has 0 aromatic heterocycles.